The average molecular weight is 292 g/mol. The molecule has 1 aromatic rings. The smallest absolute Gasteiger partial charge is 0.241 e. The number of benzene rings is 1. The summed E-state index contributed by atoms with van der Waals surface area (Å²) in [7, 11) is 3.23. The van der Waals surface area contributed by atoms with Gasteiger partial charge in [-0.3, -0.25) is 4.79 Å². The zero-order valence-corrected chi connectivity index (χ0v) is 12.9. The van der Waals surface area contributed by atoms with Crippen LogP contribution in [0.25, 0.3) is 0 Å². The van der Waals surface area contributed by atoms with Crippen molar-refractivity contribution < 1.29 is 14.3 Å². The van der Waals surface area contributed by atoms with Crippen LogP contribution in [-0.4, -0.2) is 44.7 Å². The second-order valence-corrected chi connectivity index (χ2v) is 5.21. The van der Waals surface area contributed by atoms with Crippen molar-refractivity contribution in [3.63, 3.8) is 0 Å². The summed E-state index contributed by atoms with van der Waals surface area (Å²) >= 11 is 0. The maximum Gasteiger partial charge on any atom is 0.241 e. The Hall–Kier alpha value is -1.91. The molecule has 5 heteroatoms. The molecule has 1 aromatic carbocycles. The number of methoxy groups -OCH3 is 2. The Kier molecular flexibility index (Phi) is 5.72. The molecule has 5 nitrogen and oxygen atoms in total. The predicted molar refractivity (Wildman–Crippen MR) is 83.1 cm³/mol. The number of carbonyl (C=O) groups is 1. The van der Waals surface area contributed by atoms with Gasteiger partial charge < -0.3 is 19.7 Å². The Morgan fingerprint density at radius 1 is 1.14 bits per heavy atom. The van der Waals surface area contributed by atoms with Gasteiger partial charge in [0.25, 0.3) is 0 Å². The quantitative estimate of drug-likeness (QED) is 0.906. The highest BCUT2D eigenvalue weighted by atomic mass is 16.5. The molecule has 1 saturated heterocycles. The van der Waals surface area contributed by atoms with Crippen LogP contribution in [0.4, 0.5) is 5.69 Å². The highest BCUT2D eigenvalue weighted by Gasteiger charge is 2.15. The van der Waals surface area contributed by atoms with Gasteiger partial charge in [-0.05, 0) is 25.0 Å². The Balaban J connectivity index is 1.96. The Morgan fingerprint density at radius 2 is 1.86 bits per heavy atom. The lowest BCUT2D eigenvalue weighted by Crippen LogP contribution is -2.36. The second kappa shape index (κ2) is 7.76. The second-order valence-electron chi connectivity index (χ2n) is 5.21. The van der Waals surface area contributed by atoms with Gasteiger partial charge >= 0.3 is 0 Å². The van der Waals surface area contributed by atoms with Gasteiger partial charge in [0.1, 0.15) is 11.5 Å². The molecule has 1 N–H and O–H groups in total. The standard InChI is InChI=1S/C16H24N2O3/c1-20-13-7-8-15(21-2)14(11-13)17-12-16(19)18-9-5-3-4-6-10-18/h7-8,11,17H,3-6,9-10,12H2,1-2H3. The molecule has 1 heterocycles. The third-order valence-electron chi connectivity index (χ3n) is 3.80. The molecule has 1 aliphatic rings. The van der Waals surface area contributed by atoms with Crippen LogP contribution in [0.5, 0.6) is 11.5 Å². The monoisotopic (exact) mass is 292 g/mol. The summed E-state index contributed by atoms with van der Waals surface area (Å²) in [5, 5.41) is 3.16. The number of nitrogens with one attached hydrogen (secondary N) is 1. The van der Waals surface area contributed by atoms with E-state index in [1.165, 1.54) is 12.8 Å². The van der Waals surface area contributed by atoms with Gasteiger partial charge in [0.05, 0.1) is 26.5 Å². The molecule has 0 aromatic heterocycles. The first-order valence-corrected chi connectivity index (χ1v) is 7.48. The summed E-state index contributed by atoms with van der Waals surface area (Å²) in [6, 6.07) is 5.51. The lowest BCUT2D eigenvalue weighted by molar-refractivity contribution is -0.129. The molecule has 0 atom stereocenters. The molecular weight excluding hydrogens is 268 g/mol. The minimum atomic E-state index is 0.141. The highest BCUT2D eigenvalue weighted by molar-refractivity contribution is 5.81. The van der Waals surface area contributed by atoms with Crippen LogP contribution in [0.15, 0.2) is 18.2 Å². The van der Waals surface area contributed by atoms with Crippen LogP contribution in [-0.2, 0) is 4.79 Å². The van der Waals surface area contributed by atoms with E-state index in [1.54, 1.807) is 14.2 Å². The Labute approximate surface area is 126 Å². The van der Waals surface area contributed by atoms with Gasteiger partial charge in [0, 0.05) is 19.2 Å². The topological polar surface area (TPSA) is 50.8 Å². The third-order valence-corrected chi connectivity index (χ3v) is 3.80. The van der Waals surface area contributed by atoms with Crippen LogP contribution in [0, 0.1) is 0 Å². The van der Waals surface area contributed by atoms with E-state index >= 15 is 0 Å². The van der Waals surface area contributed by atoms with E-state index in [9.17, 15) is 4.79 Å². The molecular formula is C16H24N2O3. The number of nitrogens with zero attached hydrogens (tertiary/aromatic N) is 1. The van der Waals surface area contributed by atoms with Crippen LogP contribution >= 0.6 is 0 Å². The van der Waals surface area contributed by atoms with E-state index in [0.717, 1.165) is 37.4 Å². The molecule has 0 spiro atoms. The van der Waals surface area contributed by atoms with Gasteiger partial charge in [-0.1, -0.05) is 12.8 Å². The number of hydrogen-bond donors (Lipinski definition) is 1. The van der Waals surface area contributed by atoms with Crippen molar-refractivity contribution >= 4 is 11.6 Å². The fourth-order valence-corrected chi connectivity index (χ4v) is 2.55. The highest BCUT2D eigenvalue weighted by Crippen LogP contribution is 2.28. The summed E-state index contributed by atoms with van der Waals surface area (Å²) in [6.45, 7) is 2.02. The van der Waals surface area contributed by atoms with Crippen molar-refractivity contribution in [2.24, 2.45) is 0 Å². The van der Waals surface area contributed by atoms with Crippen LogP contribution in [0.1, 0.15) is 25.7 Å². The van der Waals surface area contributed by atoms with Crippen molar-refractivity contribution in [1.82, 2.24) is 4.90 Å². The van der Waals surface area contributed by atoms with Crippen LogP contribution in [0.3, 0.4) is 0 Å². The number of likely N-dealkylation sites (tertiary alicyclic amines) is 1. The minimum absolute atomic E-state index is 0.141. The van der Waals surface area contributed by atoms with Gasteiger partial charge in [-0.15, -0.1) is 0 Å². The molecule has 0 saturated carbocycles. The molecule has 1 fully saturated rings. The number of anilines is 1. The number of rotatable bonds is 5. The van der Waals surface area contributed by atoms with Gasteiger partial charge in [-0.25, -0.2) is 0 Å². The Morgan fingerprint density at radius 3 is 2.48 bits per heavy atom. The summed E-state index contributed by atoms with van der Waals surface area (Å²) in [5.41, 5.74) is 0.778. The SMILES string of the molecule is COc1ccc(OC)c(NCC(=O)N2CCCCCC2)c1. The van der Waals surface area contributed by atoms with Gasteiger partial charge in [-0.2, -0.15) is 0 Å². The van der Waals surface area contributed by atoms with E-state index in [-0.39, 0.29) is 12.5 Å². The lowest BCUT2D eigenvalue weighted by atomic mass is 10.2. The number of ether oxygens (including phenoxy) is 2. The average Bonchev–Trinajstić information content (AvgIpc) is 2.81. The first-order chi connectivity index (χ1) is 10.2. The van der Waals surface area contributed by atoms with E-state index < -0.39 is 0 Å². The zero-order valence-electron chi connectivity index (χ0n) is 12.9. The lowest BCUT2D eigenvalue weighted by Gasteiger charge is -2.21. The molecule has 2 rings (SSSR count). The largest absolute Gasteiger partial charge is 0.497 e. The first kappa shape index (κ1) is 15.5. The Bertz CT molecular complexity index is 469. The van der Waals surface area contributed by atoms with Crippen LogP contribution < -0.4 is 14.8 Å². The number of hydrogen-bond acceptors (Lipinski definition) is 4. The normalized spacial score (nSPS) is 15.2. The van der Waals surface area contributed by atoms with Crippen molar-refractivity contribution in [2.75, 3.05) is 39.2 Å². The maximum atomic E-state index is 12.3. The zero-order chi connectivity index (χ0) is 15.1. The summed E-state index contributed by atoms with van der Waals surface area (Å²) < 4.78 is 10.5. The van der Waals surface area contributed by atoms with Gasteiger partial charge in [0.2, 0.25) is 5.91 Å². The molecule has 1 amide bonds. The third kappa shape index (κ3) is 4.28. The first-order valence-electron chi connectivity index (χ1n) is 7.48. The molecule has 116 valence electrons. The van der Waals surface area contributed by atoms with E-state index in [2.05, 4.69) is 5.32 Å². The van der Waals surface area contributed by atoms with Crippen LogP contribution in [0.2, 0.25) is 0 Å². The molecule has 0 bridgehead atoms. The fourth-order valence-electron chi connectivity index (χ4n) is 2.55. The summed E-state index contributed by atoms with van der Waals surface area (Å²) in [5.74, 6) is 1.58. The molecule has 0 radical (unpaired) electrons. The van der Waals surface area contributed by atoms with Crippen molar-refractivity contribution in [2.45, 2.75) is 25.7 Å². The van der Waals surface area contributed by atoms with E-state index in [4.69, 9.17) is 9.47 Å². The molecule has 21 heavy (non-hydrogen) atoms. The molecule has 1 aliphatic heterocycles. The minimum Gasteiger partial charge on any atom is -0.497 e. The van der Waals surface area contributed by atoms with Crippen molar-refractivity contribution in [3.8, 4) is 11.5 Å². The molecule has 0 unspecified atom stereocenters. The van der Waals surface area contributed by atoms with E-state index in [0.29, 0.717) is 5.75 Å². The number of carbonyl (C=O) groups excluding carboxylic acids is 1. The fraction of sp³-hybridized carbons (Fsp3) is 0.562. The molecule has 0 aliphatic carbocycles. The number of amides is 1. The maximum absolute atomic E-state index is 12.3. The van der Waals surface area contributed by atoms with Crippen molar-refractivity contribution in [1.29, 1.82) is 0 Å². The van der Waals surface area contributed by atoms with Gasteiger partial charge in [0.15, 0.2) is 0 Å². The summed E-state index contributed by atoms with van der Waals surface area (Å²) in [4.78, 5) is 14.2. The van der Waals surface area contributed by atoms with E-state index in [1.807, 2.05) is 23.1 Å². The van der Waals surface area contributed by atoms with Crippen molar-refractivity contribution in [3.05, 3.63) is 18.2 Å². The predicted octanol–water partition coefficient (Wildman–Crippen LogP) is 2.52. The summed E-state index contributed by atoms with van der Waals surface area (Å²) in [6.07, 6.45) is 4.66.